The Labute approximate surface area is 102 Å². The van der Waals surface area contributed by atoms with Gasteiger partial charge in [-0.15, -0.1) is 0 Å². The number of nitrogens with one attached hydrogen (secondary N) is 1. The second-order valence-electron chi connectivity index (χ2n) is 5.18. The Morgan fingerprint density at radius 3 is 3.12 bits per heavy atom. The number of hydrogen-bond donors (Lipinski definition) is 1. The topological polar surface area (TPSA) is 37.4 Å². The van der Waals surface area contributed by atoms with Crippen molar-refractivity contribution in [1.82, 2.24) is 10.3 Å². The van der Waals surface area contributed by atoms with E-state index in [0.717, 1.165) is 18.8 Å². The molecule has 0 saturated carbocycles. The van der Waals surface area contributed by atoms with Gasteiger partial charge in [-0.1, -0.05) is 0 Å². The molecule has 0 amide bonds. The summed E-state index contributed by atoms with van der Waals surface area (Å²) in [5, 5.41) is 3.48. The molecule has 0 aliphatic carbocycles. The molecule has 4 nitrogen and oxygen atoms in total. The van der Waals surface area contributed by atoms with Gasteiger partial charge in [-0.05, 0) is 19.4 Å². The monoisotopic (exact) mass is 233 g/mol. The SMILES string of the molecule is COc1cncc(N2CCC3(CCNC3)C2)c1. The maximum absolute atomic E-state index is 5.23. The second-order valence-corrected chi connectivity index (χ2v) is 5.18. The maximum atomic E-state index is 5.23. The highest BCUT2D eigenvalue weighted by atomic mass is 16.5. The van der Waals surface area contributed by atoms with Gasteiger partial charge in [-0.3, -0.25) is 4.98 Å². The minimum absolute atomic E-state index is 0.503. The molecular weight excluding hydrogens is 214 g/mol. The van der Waals surface area contributed by atoms with E-state index >= 15 is 0 Å². The van der Waals surface area contributed by atoms with Crippen LogP contribution in [-0.2, 0) is 0 Å². The summed E-state index contributed by atoms with van der Waals surface area (Å²) in [4.78, 5) is 6.67. The fourth-order valence-corrected chi connectivity index (χ4v) is 2.99. The van der Waals surface area contributed by atoms with Crippen molar-refractivity contribution in [1.29, 1.82) is 0 Å². The lowest BCUT2D eigenvalue weighted by Crippen LogP contribution is -2.29. The summed E-state index contributed by atoms with van der Waals surface area (Å²) >= 11 is 0. The first-order chi connectivity index (χ1) is 8.31. The predicted octanol–water partition coefficient (Wildman–Crippen LogP) is 1.28. The number of methoxy groups -OCH3 is 1. The van der Waals surface area contributed by atoms with Crippen molar-refractivity contribution in [2.24, 2.45) is 5.41 Å². The van der Waals surface area contributed by atoms with Gasteiger partial charge in [-0.25, -0.2) is 0 Å². The standard InChI is InChI=1S/C13H19N3O/c1-17-12-6-11(7-15-8-12)16-5-3-13(10-16)2-4-14-9-13/h6-8,14H,2-5,9-10H2,1H3. The summed E-state index contributed by atoms with van der Waals surface area (Å²) in [6.45, 7) is 4.62. The van der Waals surface area contributed by atoms with Gasteiger partial charge < -0.3 is 15.0 Å². The molecular formula is C13H19N3O. The molecule has 2 saturated heterocycles. The molecule has 1 atom stereocenters. The number of ether oxygens (including phenoxy) is 1. The molecule has 1 unspecified atom stereocenters. The van der Waals surface area contributed by atoms with Crippen LogP contribution in [0.25, 0.3) is 0 Å². The fraction of sp³-hybridized carbons (Fsp3) is 0.615. The van der Waals surface area contributed by atoms with Crippen molar-refractivity contribution in [3.63, 3.8) is 0 Å². The van der Waals surface area contributed by atoms with Gasteiger partial charge in [0, 0.05) is 31.1 Å². The molecule has 2 fully saturated rings. The van der Waals surface area contributed by atoms with Gasteiger partial charge in [0.2, 0.25) is 0 Å². The molecule has 3 heterocycles. The zero-order valence-electron chi connectivity index (χ0n) is 10.3. The van der Waals surface area contributed by atoms with Crippen molar-refractivity contribution in [2.45, 2.75) is 12.8 Å². The first kappa shape index (κ1) is 10.8. The molecule has 0 bridgehead atoms. The summed E-state index contributed by atoms with van der Waals surface area (Å²) < 4.78 is 5.23. The predicted molar refractivity (Wildman–Crippen MR) is 67.5 cm³/mol. The Kier molecular flexibility index (Phi) is 2.67. The van der Waals surface area contributed by atoms with Crippen LogP contribution in [0.2, 0.25) is 0 Å². The van der Waals surface area contributed by atoms with Crippen LogP contribution in [0.1, 0.15) is 12.8 Å². The lowest BCUT2D eigenvalue weighted by atomic mass is 9.86. The smallest absolute Gasteiger partial charge is 0.139 e. The van der Waals surface area contributed by atoms with E-state index in [1.807, 2.05) is 6.20 Å². The highest BCUT2D eigenvalue weighted by Crippen LogP contribution is 2.38. The van der Waals surface area contributed by atoms with Crippen LogP contribution in [0.15, 0.2) is 18.5 Å². The molecule has 0 radical (unpaired) electrons. The molecule has 3 rings (SSSR count). The van der Waals surface area contributed by atoms with Gasteiger partial charge in [0.15, 0.2) is 0 Å². The van der Waals surface area contributed by atoms with Crippen molar-refractivity contribution in [3.8, 4) is 5.75 Å². The van der Waals surface area contributed by atoms with Crippen molar-refractivity contribution in [2.75, 3.05) is 38.2 Å². The highest BCUT2D eigenvalue weighted by molar-refractivity contribution is 5.49. The van der Waals surface area contributed by atoms with E-state index in [2.05, 4.69) is 21.3 Å². The van der Waals surface area contributed by atoms with E-state index in [4.69, 9.17) is 4.74 Å². The van der Waals surface area contributed by atoms with Crippen molar-refractivity contribution >= 4 is 5.69 Å². The average molecular weight is 233 g/mol. The third kappa shape index (κ3) is 1.97. The van der Waals surface area contributed by atoms with E-state index in [0.29, 0.717) is 5.41 Å². The molecule has 1 N–H and O–H groups in total. The minimum Gasteiger partial charge on any atom is -0.495 e. The maximum Gasteiger partial charge on any atom is 0.139 e. The van der Waals surface area contributed by atoms with Gasteiger partial charge >= 0.3 is 0 Å². The van der Waals surface area contributed by atoms with Crippen LogP contribution in [0, 0.1) is 5.41 Å². The van der Waals surface area contributed by atoms with Crippen LogP contribution >= 0.6 is 0 Å². The molecule has 17 heavy (non-hydrogen) atoms. The number of aromatic nitrogens is 1. The van der Waals surface area contributed by atoms with Crippen LogP contribution in [0.3, 0.4) is 0 Å². The summed E-state index contributed by atoms with van der Waals surface area (Å²) in [5.74, 6) is 0.841. The molecule has 0 aromatic carbocycles. The zero-order valence-corrected chi connectivity index (χ0v) is 10.3. The van der Waals surface area contributed by atoms with Crippen LogP contribution < -0.4 is 15.0 Å². The number of nitrogens with zero attached hydrogens (tertiary/aromatic N) is 2. The third-order valence-electron chi connectivity index (χ3n) is 4.07. The Balaban J connectivity index is 1.77. The first-order valence-electron chi connectivity index (χ1n) is 6.26. The summed E-state index contributed by atoms with van der Waals surface area (Å²) in [7, 11) is 1.69. The van der Waals surface area contributed by atoms with Crippen LogP contribution in [0.5, 0.6) is 5.75 Å². The molecule has 1 aromatic heterocycles. The summed E-state index contributed by atoms with van der Waals surface area (Å²) in [6.07, 6.45) is 6.29. The van der Waals surface area contributed by atoms with E-state index in [9.17, 15) is 0 Å². The molecule has 1 aromatic rings. The normalized spacial score (nSPS) is 27.9. The van der Waals surface area contributed by atoms with E-state index in [-0.39, 0.29) is 0 Å². The van der Waals surface area contributed by atoms with Gasteiger partial charge in [0.05, 0.1) is 25.2 Å². The van der Waals surface area contributed by atoms with Crippen LogP contribution in [-0.4, -0.2) is 38.3 Å². The number of anilines is 1. The molecule has 2 aliphatic rings. The Morgan fingerprint density at radius 1 is 1.41 bits per heavy atom. The Morgan fingerprint density at radius 2 is 2.35 bits per heavy atom. The average Bonchev–Trinajstić information content (AvgIpc) is 3.01. The van der Waals surface area contributed by atoms with Crippen LogP contribution in [0.4, 0.5) is 5.69 Å². The summed E-state index contributed by atoms with van der Waals surface area (Å²) in [5.41, 5.74) is 1.69. The molecule has 1 spiro atoms. The number of hydrogen-bond acceptors (Lipinski definition) is 4. The van der Waals surface area contributed by atoms with Gasteiger partial charge in [0.25, 0.3) is 0 Å². The number of rotatable bonds is 2. The Hall–Kier alpha value is -1.29. The van der Waals surface area contributed by atoms with E-state index in [1.165, 1.54) is 31.6 Å². The Bertz CT molecular complexity index is 401. The minimum atomic E-state index is 0.503. The van der Waals surface area contributed by atoms with E-state index in [1.54, 1.807) is 13.3 Å². The quantitative estimate of drug-likeness (QED) is 0.835. The largest absolute Gasteiger partial charge is 0.495 e. The molecule has 4 heteroatoms. The van der Waals surface area contributed by atoms with Crippen molar-refractivity contribution in [3.05, 3.63) is 18.5 Å². The molecule has 2 aliphatic heterocycles. The lowest BCUT2D eigenvalue weighted by Gasteiger charge is -2.24. The fourth-order valence-electron chi connectivity index (χ4n) is 2.99. The lowest BCUT2D eigenvalue weighted by molar-refractivity contribution is 0.369. The highest BCUT2D eigenvalue weighted by Gasteiger charge is 2.40. The first-order valence-corrected chi connectivity index (χ1v) is 6.26. The van der Waals surface area contributed by atoms with E-state index < -0.39 is 0 Å². The second kappa shape index (κ2) is 4.18. The summed E-state index contributed by atoms with van der Waals surface area (Å²) in [6, 6.07) is 2.08. The molecule has 92 valence electrons. The van der Waals surface area contributed by atoms with Gasteiger partial charge in [-0.2, -0.15) is 0 Å². The zero-order chi connectivity index (χ0) is 11.7. The third-order valence-corrected chi connectivity index (χ3v) is 4.07. The van der Waals surface area contributed by atoms with Crippen molar-refractivity contribution < 1.29 is 4.74 Å². The van der Waals surface area contributed by atoms with Gasteiger partial charge in [0.1, 0.15) is 5.75 Å². The number of pyridine rings is 1.